The van der Waals surface area contributed by atoms with E-state index in [0.717, 1.165) is 23.1 Å². The van der Waals surface area contributed by atoms with Crippen LogP contribution in [-0.4, -0.2) is 40.1 Å². The number of aliphatic hydroxyl groups is 2. The zero-order valence-corrected chi connectivity index (χ0v) is 17.3. The number of carbonyl (C=O) groups excluding carboxylic acids is 1. The molecule has 1 saturated heterocycles. The summed E-state index contributed by atoms with van der Waals surface area (Å²) in [5, 5.41) is 26.8. The number of aliphatic hydroxyl groups excluding tert-OH is 2. The number of benzene rings is 2. The molecule has 2 aromatic rings. The molecule has 0 aromatic heterocycles. The minimum atomic E-state index is -1.19. The van der Waals surface area contributed by atoms with Crippen LogP contribution in [-0.2, 0) is 16.8 Å². The van der Waals surface area contributed by atoms with Crippen LogP contribution in [0.2, 0.25) is 5.02 Å². The molecule has 0 saturated carbocycles. The van der Waals surface area contributed by atoms with Crippen LogP contribution in [0.4, 0.5) is 0 Å². The van der Waals surface area contributed by atoms with Gasteiger partial charge in [0.15, 0.2) is 6.35 Å². The van der Waals surface area contributed by atoms with Gasteiger partial charge in [0, 0.05) is 11.2 Å². The van der Waals surface area contributed by atoms with Gasteiger partial charge >= 0.3 is 0 Å². The maximum Gasteiger partial charge on any atom is 0.249 e. The average Bonchev–Trinajstić information content (AvgIpc) is 3.01. The molecule has 156 valence electrons. The summed E-state index contributed by atoms with van der Waals surface area (Å²) in [7, 11) is 0. The molecular weight excluding hydrogens is 402 g/mol. The molecular formula is C23H24ClN3O3. The van der Waals surface area contributed by atoms with Crippen LogP contribution >= 0.6 is 11.6 Å². The Kier molecular flexibility index (Phi) is 5.66. The maximum atomic E-state index is 12.9. The summed E-state index contributed by atoms with van der Waals surface area (Å²) in [5.74, 6) is -0.340. The van der Waals surface area contributed by atoms with E-state index >= 15 is 0 Å². The van der Waals surface area contributed by atoms with E-state index in [4.69, 9.17) is 11.6 Å². The number of nitrogens with one attached hydrogen (secondary N) is 2. The summed E-state index contributed by atoms with van der Waals surface area (Å²) in [4.78, 5) is 14.6. The minimum Gasteiger partial charge on any atom is -0.370 e. The van der Waals surface area contributed by atoms with E-state index in [9.17, 15) is 15.0 Å². The second-order valence-electron chi connectivity index (χ2n) is 7.72. The van der Waals surface area contributed by atoms with Crippen molar-refractivity contribution in [2.24, 2.45) is 0 Å². The lowest BCUT2D eigenvalue weighted by Gasteiger charge is -2.37. The number of hydrogen-bond donors (Lipinski definition) is 4. The van der Waals surface area contributed by atoms with E-state index < -0.39 is 18.1 Å². The number of nitrogens with zero attached hydrogens (tertiary/aromatic N) is 1. The zero-order chi connectivity index (χ0) is 21.3. The number of carbonyl (C=O) groups is 1. The van der Waals surface area contributed by atoms with Gasteiger partial charge in [-0.25, -0.2) is 0 Å². The Labute approximate surface area is 180 Å². The van der Waals surface area contributed by atoms with Gasteiger partial charge in [-0.15, -0.1) is 0 Å². The highest BCUT2D eigenvalue weighted by Crippen LogP contribution is 2.30. The Hall–Kier alpha value is -2.64. The molecule has 0 aliphatic carbocycles. The Morgan fingerprint density at radius 1 is 1.07 bits per heavy atom. The van der Waals surface area contributed by atoms with Gasteiger partial charge in [-0.2, -0.15) is 0 Å². The topological polar surface area (TPSA) is 84.8 Å². The van der Waals surface area contributed by atoms with Gasteiger partial charge in [0.1, 0.15) is 11.8 Å². The summed E-state index contributed by atoms with van der Waals surface area (Å²) in [6.45, 7) is 1.99. The van der Waals surface area contributed by atoms with Crippen molar-refractivity contribution in [3.63, 3.8) is 0 Å². The van der Waals surface area contributed by atoms with E-state index in [1.165, 1.54) is 0 Å². The summed E-state index contributed by atoms with van der Waals surface area (Å²) in [6.07, 6.45) is 4.15. The Bertz CT molecular complexity index is 988. The number of allylic oxidation sites excluding steroid dienone is 2. The first-order chi connectivity index (χ1) is 14.4. The number of halogens is 1. The van der Waals surface area contributed by atoms with Crippen LogP contribution in [0, 0.1) is 0 Å². The molecule has 3 unspecified atom stereocenters. The Balaban J connectivity index is 1.60. The first-order valence-electron chi connectivity index (χ1n) is 9.77. The predicted molar refractivity (Wildman–Crippen MR) is 115 cm³/mol. The van der Waals surface area contributed by atoms with Crippen LogP contribution in [0.3, 0.4) is 0 Å². The highest BCUT2D eigenvalue weighted by molar-refractivity contribution is 6.30. The fourth-order valence-electron chi connectivity index (χ4n) is 3.90. The predicted octanol–water partition coefficient (Wildman–Crippen LogP) is 2.22. The fourth-order valence-corrected chi connectivity index (χ4v) is 4.02. The molecule has 2 aliphatic rings. The standard InChI is InChI=1S/C23H24ClN3O3/c1-15-3-2-12-27(20(15)28)14-23(21(29)25-22(30)26-23)18-8-4-16(5-9-18)13-17-6-10-19(24)11-7-17/h2-12,20,22,26,28,30H,13-14H2,1H3,(H,25,29). The molecule has 4 rings (SSSR count). The molecule has 2 heterocycles. The van der Waals surface area contributed by atoms with Crippen LogP contribution in [0.1, 0.15) is 23.6 Å². The van der Waals surface area contributed by atoms with Crippen LogP contribution in [0.15, 0.2) is 72.5 Å². The lowest BCUT2D eigenvalue weighted by atomic mass is 9.87. The second-order valence-corrected chi connectivity index (χ2v) is 8.16. The lowest BCUT2D eigenvalue weighted by molar-refractivity contribution is -0.125. The smallest absolute Gasteiger partial charge is 0.249 e. The molecule has 0 bridgehead atoms. The second kappa shape index (κ2) is 8.24. The molecule has 6 nitrogen and oxygen atoms in total. The third kappa shape index (κ3) is 4.00. The van der Waals surface area contributed by atoms with Crippen LogP contribution < -0.4 is 10.6 Å². The van der Waals surface area contributed by atoms with Crippen LogP contribution in [0.25, 0.3) is 0 Å². The molecule has 7 heteroatoms. The summed E-state index contributed by atoms with van der Waals surface area (Å²) in [6, 6.07) is 15.4. The summed E-state index contributed by atoms with van der Waals surface area (Å²) in [5.41, 5.74) is 2.53. The molecule has 3 atom stereocenters. The van der Waals surface area contributed by atoms with E-state index in [-0.39, 0.29) is 12.5 Å². The third-order valence-electron chi connectivity index (χ3n) is 5.58. The van der Waals surface area contributed by atoms with E-state index in [2.05, 4.69) is 10.6 Å². The summed E-state index contributed by atoms with van der Waals surface area (Å²) >= 11 is 5.95. The number of hydrogen-bond acceptors (Lipinski definition) is 5. The molecule has 0 radical (unpaired) electrons. The Morgan fingerprint density at radius 3 is 2.30 bits per heavy atom. The molecule has 2 aromatic carbocycles. The SMILES string of the molecule is CC1=CC=CN(CC2(c3ccc(Cc4ccc(Cl)cc4)cc3)NC(O)NC2=O)C1O. The largest absolute Gasteiger partial charge is 0.370 e. The van der Waals surface area contributed by atoms with Crippen molar-refractivity contribution in [3.05, 3.63) is 94.2 Å². The van der Waals surface area contributed by atoms with Crippen LogP contribution in [0.5, 0.6) is 0 Å². The van der Waals surface area contributed by atoms with Crippen molar-refractivity contribution in [1.29, 1.82) is 0 Å². The highest BCUT2D eigenvalue weighted by Gasteiger charge is 2.49. The molecule has 0 spiro atoms. The van der Waals surface area contributed by atoms with Crippen molar-refractivity contribution in [3.8, 4) is 0 Å². The van der Waals surface area contributed by atoms with Crippen molar-refractivity contribution >= 4 is 17.5 Å². The van der Waals surface area contributed by atoms with Gasteiger partial charge in [0.05, 0.1) is 6.54 Å². The third-order valence-corrected chi connectivity index (χ3v) is 5.84. The van der Waals surface area contributed by atoms with E-state index in [1.54, 1.807) is 11.1 Å². The number of amides is 1. The molecule has 4 N–H and O–H groups in total. The Morgan fingerprint density at radius 2 is 1.70 bits per heavy atom. The van der Waals surface area contributed by atoms with Crippen molar-refractivity contribution in [1.82, 2.24) is 15.5 Å². The molecule has 2 aliphatic heterocycles. The lowest BCUT2D eigenvalue weighted by Crippen LogP contribution is -2.54. The molecule has 30 heavy (non-hydrogen) atoms. The first-order valence-corrected chi connectivity index (χ1v) is 10.1. The van der Waals surface area contributed by atoms with Crippen molar-refractivity contribution < 1.29 is 15.0 Å². The maximum absolute atomic E-state index is 12.9. The van der Waals surface area contributed by atoms with Gasteiger partial charge in [-0.05, 0) is 53.8 Å². The van der Waals surface area contributed by atoms with Gasteiger partial charge < -0.3 is 20.4 Å². The van der Waals surface area contributed by atoms with Gasteiger partial charge in [-0.1, -0.05) is 54.1 Å². The first kappa shape index (κ1) is 20.6. The van der Waals surface area contributed by atoms with Gasteiger partial charge in [0.2, 0.25) is 5.91 Å². The minimum absolute atomic E-state index is 0.162. The number of rotatable bonds is 5. The van der Waals surface area contributed by atoms with Gasteiger partial charge in [-0.3, -0.25) is 10.1 Å². The summed E-state index contributed by atoms with van der Waals surface area (Å²) < 4.78 is 0. The zero-order valence-electron chi connectivity index (χ0n) is 16.5. The van der Waals surface area contributed by atoms with Crippen molar-refractivity contribution in [2.45, 2.75) is 31.5 Å². The quantitative estimate of drug-likeness (QED) is 0.590. The monoisotopic (exact) mass is 425 g/mol. The highest BCUT2D eigenvalue weighted by atomic mass is 35.5. The van der Waals surface area contributed by atoms with Crippen molar-refractivity contribution in [2.75, 3.05) is 6.54 Å². The molecule has 1 fully saturated rings. The van der Waals surface area contributed by atoms with E-state index in [0.29, 0.717) is 10.6 Å². The average molecular weight is 426 g/mol. The molecule has 1 amide bonds. The van der Waals surface area contributed by atoms with E-state index in [1.807, 2.05) is 67.6 Å². The fraction of sp³-hybridized carbons (Fsp3) is 0.261. The normalized spacial score (nSPS) is 25.9. The van der Waals surface area contributed by atoms with Gasteiger partial charge in [0.25, 0.3) is 0 Å².